The zero-order valence-corrected chi connectivity index (χ0v) is 14.7. The van der Waals surface area contributed by atoms with Gasteiger partial charge in [-0.25, -0.2) is 4.98 Å². The predicted octanol–water partition coefficient (Wildman–Crippen LogP) is 2.07. The maximum Gasteiger partial charge on any atom is 0.269 e. The number of nitrogens with zero attached hydrogens (tertiary/aromatic N) is 3. The highest BCUT2D eigenvalue weighted by atomic mass is 32.1. The van der Waals surface area contributed by atoms with Crippen molar-refractivity contribution in [3.63, 3.8) is 0 Å². The number of pyridine rings is 1. The van der Waals surface area contributed by atoms with Gasteiger partial charge in [-0.1, -0.05) is 0 Å². The van der Waals surface area contributed by atoms with E-state index in [0.29, 0.717) is 23.8 Å². The van der Waals surface area contributed by atoms with E-state index >= 15 is 0 Å². The largest absolute Gasteiger partial charge is 0.399 e. The minimum atomic E-state index is -0.148. The molecule has 3 rings (SSSR count). The molecule has 0 aromatic carbocycles. The predicted molar refractivity (Wildman–Crippen MR) is 95.8 cm³/mol. The monoisotopic (exact) mass is 345 g/mol. The smallest absolute Gasteiger partial charge is 0.269 e. The van der Waals surface area contributed by atoms with Crippen LogP contribution in [0.2, 0.25) is 0 Å². The number of amides is 1. The van der Waals surface area contributed by atoms with E-state index < -0.39 is 0 Å². The third kappa shape index (κ3) is 4.52. The summed E-state index contributed by atoms with van der Waals surface area (Å²) in [6, 6.07) is 3.28. The zero-order chi connectivity index (χ0) is 16.9. The second-order valence-corrected chi connectivity index (χ2v) is 7.57. The van der Waals surface area contributed by atoms with E-state index in [0.717, 1.165) is 37.5 Å². The summed E-state index contributed by atoms with van der Waals surface area (Å²) in [7, 11) is 0. The number of nitrogens with one attached hydrogen (secondary N) is 1. The van der Waals surface area contributed by atoms with Crippen LogP contribution in [0.3, 0.4) is 0 Å². The van der Waals surface area contributed by atoms with Crippen LogP contribution >= 0.6 is 11.3 Å². The number of aromatic nitrogens is 2. The van der Waals surface area contributed by atoms with Gasteiger partial charge in [0.2, 0.25) is 0 Å². The highest BCUT2D eigenvalue weighted by Gasteiger charge is 2.20. The molecule has 128 valence electrons. The molecular formula is C17H23N5OS. The third-order valence-corrected chi connectivity index (χ3v) is 5.22. The van der Waals surface area contributed by atoms with Crippen molar-refractivity contribution in [2.24, 2.45) is 5.92 Å². The number of nitrogen functional groups attached to an aromatic ring is 1. The molecule has 6 nitrogen and oxygen atoms in total. The standard InChI is InChI=1S/C17H23N5OS/c1-12-20-10-15(24-12)11-22-6-3-13(4-7-22)9-21-17(23)16-8-14(18)2-5-19-16/h2,5,8,10,13H,3-4,6-7,9,11H2,1H3,(H2,18,19)(H,21,23). The number of carbonyl (C=O) groups is 1. The molecule has 0 unspecified atom stereocenters. The van der Waals surface area contributed by atoms with Gasteiger partial charge in [0.05, 0.1) is 5.01 Å². The number of hydrogen-bond acceptors (Lipinski definition) is 6. The molecule has 2 aromatic rings. The molecule has 0 aliphatic carbocycles. The van der Waals surface area contributed by atoms with Crippen molar-refractivity contribution in [3.05, 3.63) is 40.1 Å². The molecule has 3 heterocycles. The summed E-state index contributed by atoms with van der Waals surface area (Å²) in [5.74, 6) is 0.374. The lowest BCUT2D eigenvalue weighted by molar-refractivity contribution is 0.0930. The van der Waals surface area contributed by atoms with Gasteiger partial charge in [-0.3, -0.25) is 14.7 Å². The number of piperidine rings is 1. The summed E-state index contributed by atoms with van der Waals surface area (Å²) >= 11 is 1.77. The Balaban J connectivity index is 1.41. The number of likely N-dealkylation sites (tertiary alicyclic amines) is 1. The van der Waals surface area contributed by atoms with Gasteiger partial charge in [0.25, 0.3) is 5.91 Å². The molecule has 0 atom stereocenters. The van der Waals surface area contributed by atoms with Gasteiger partial charge in [0.1, 0.15) is 5.69 Å². The van der Waals surface area contributed by atoms with E-state index in [9.17, 15) is 4.79 Å². The van der Waals surface area contributed by atoms with Crippen molar-refractivity contribution in [3.8, 4) is 0 Å². The van der Waals surface area contributed by atoms with E-state index in [-0.39, 0.29) is 5.91 Å². The second kappa shape index (κ2) is 7.72. The first-order valence-electron chi connectivity index (χ1n) is 8.23. The zero-order valence-electron chi connectivity index (χ0n) is 13.9. The summed E-state index contributed by atoms with van der Waals surface area (Å²) < 4.78 is 0. The van der Waals surface area contributed by atoms with E-state index in [1.165, 1.54) is 4.88 Å². The molecule has 3 N–H and O–H groups in total. The number of nitrogens with two attached hydrogens (primary N) is 1. The fourth-order valence-corrected chi connectivity index (χ4v) is 3.78. The van der Waals surface area contributed by atoms with Crippen LogP contribution in [-0.4, -0.2) is 40.4 Å². The lowest BCUT2D eigenvalue weighted by Crippen LogP contribution is -2.38. The molecule has 2 aromatic heterocycles. The number of hydrogen-bond donors (Lipinski definition) is 2. The van der Waals surface area contributed by atoms with Crippen molar-refractivity contribution in [1.29, 1.82) is 0 Å². The molecule has 0 radical (unpaired) electrons. The summed E-state index contributed by atoms with van der Waals surface area (Å²) in [6.07, 6.45) is 5.74. The van der Waals surface area contributed by atoms with Gasteiger partial charge in [-0.2, -0.15) is 0 Å². The average molecular weight is 345 g/mol. The van der Waals surface area contributed by atoms with Gasteiger partial charge >= 0.3 is 0 Å². The van der Waals surface area contributed by atoms with E-state index in [4.69, 9.17) is 5.73 Å². The molecule has 7 heteroatoms. The first-order chi connectivity index (χ1) is 11.6. The van der Waals surface area contributed by atoms with Gasteiger partial charge in [-0.05, 0) is 50.9 Å². The van der Waals surface area contributed by atoms with Crippen molar-refractivity contribution >= 4 is 22.9 Å². The molecule has 1 aliphatic rings. The maximum absolute atomic E-state index is 12.1. The Morgan fingerprint density at radius 3 is 2.88 bits per heavy atom. The summed E-state index contributed by atoms with van der Waals surface area (Å²) in [5.41, 5.74) is 6.63. The summed E-state index contributed by atoms with van der Waals surface area (Å²) in [6.45, 7) is 5.85. The van der Waals surface area contributed by atoms with Gasteiger partial charge in [0, 0.05) is 36.0 Å². The molecule has 24 heavy (non-hydrogen) atoms. The highest BCUT2D eigenvalue weighted by Crippen LogP contribution is 2.20. The lowest BCUT2D eigenvalue weighted by atomic mass is 9.96. The fourth-order valence-electron chi connectivity index (χ4n) is 2.95. The fraction of sp³-hybridized carbons (Fsp3) is 0.471. The molecule has 0 bridgehead atoms. The van der Waals surface area contributed by atoms with Crippen LogP contribution in [0, 0.1) is 12.8 Å². The van der Waals surface area contributed by atoms with Crippen molar-refractivity contribution in [2.45, 2.75) is 26.3 Å². The Kier molecular flexibility index (Phi) is 5.42. The summed E-state index contributed by atoms with van der Waals surface area (Å²) in [5, 5.41) is 4.10. The minimum Gasteiger partial charge on any atom is -0.399 e. The Morgan fingerprint density at radius 2 is 2.21 bits per heavy atom. The molecule has 1 fully saturated rings. The Hall–Kier alpha value is -1.99. The van der Waals surface area contributed by atoms with Crippen molar-refractivity contribution in [2.75, 3.05) is 25.4 Å². The Labute approximate surface area is 146 Å². The topological polar surface area (TPSA) is 84.1 Å². The van der Waals surface area contributed by atoms with Crippen LogP contribution in [0.25, 0.3) is 0 Å². The number of anilines is 1. The molecule has 1 amide bonds. The van der Waals surface area contributed by atoms with Gasteiger partial charge < -0.3 is 11.1 Å². The minimum absolute atomic E-state index is 0.148. The maximum atomic E-state index is 12.1. The normalized spacial score (nSPS) is 16.2. The van der Waals surface area contributed by atoms with E-state index in [1.54, 1.807) is 29.7 Å². The lowest BCUT2D eigenvalue weighted by Gasteiger charge is -2.31. The first kappa shape index (κ1) is 16.9. The van der Waals surface area contributed by atoms with E-state index in [2.05, 4.69) is 20.2 Å². The van der Waals surface area contributed by atoms with Crippen molar-refractivity contribution in [1.82, 2.24) is 20.2 Å². The Morgan fingerprint density at radius 1 is 1.42 bits per heavy atom. The van der Waals surface area contributed by atoms with Gasteiger partial charge in [-0.15, -0.1) is 11.3 Å². The van der Waals surface area contributed by atoms with Crippen LogP contribution in [0.15, 0.2) is 24.5 Å². The first-order valence-corrected chi connectivity index (χ1v) is 9.05. The highest BCUT2D eigenvalue weighted by molar-refractivity contribution is 7.11. The van der Waals surface area contributed by atoms with Crippen LogP contribution < -0.4 is 11.1 Å². The molecule has 0 saturated carbocycles. The second-order valence-electron chi connectivity index (χ2n) is 6.25. The van der Waals surface area contributed by atoms with Crippen LogP contribution in [0.4, 0.5) is 5.69 Å². The average Bonchev–Trinajstić information content (AvgIpc) is 2.99. The van der Waals surface area contributed by atoms with E-state index in [1.807, 2.05) is 13.1 Å². The molecular weight excluding hydrogens is 322 g/mol. The van der Waals surface area contributed by atoms with Crippen molar-refractivity contribution < 1.29 is 4.79 Å². The molecule has 1 aliphatic heterocycles. The van der Waals surface area contributed by atoms with Gasteiger partial charge in [0.15, 0.2) is 0 Å². The SMILES string of the molecule is Cc1ncc(CN2CCC(CNC(=O)c3cc(N)ccn3)CC2)s1. The number of thiazole rings is 1. The third-order valence-electron chi connectivity index (χ3n) is 4.32. The quantitative estimate of drug-likeness (QED) is 0.867. The molecule has 0 spiro atoms. The number of carbonyl (C=O) groups excluding carboxylic acids is 1. The van der Waals surface area contributed by atoms with Crippen LogP contribution in [0.5, 0.6) is 0 Å². The molecule has 1 saturated heterocycles. The Bertz CT molecular complexity index is 694. The van der Waals surface area contributed by atoms with Crippen LogP contribution in [0.1, 0.15) is 33.2 Å². The van der Waals surface area contributed by atoms with Crippen LogP contribution in [-0.2, 0) is 6.54 Å². The number of aryl methyl sites for hydroxylation is 1. The summed E-state index contributed by atoms with van der Waals surface area (Å²) in [4.78, 5) is 24.3. The number of rotatable bonds is 5.